The van der Waals surface area contributed by atoms with Crippen molar-refractivity contribution in [2.45, 2.75) is 38.0 Å². The highest BCUT2D eigenvalue weighted by Crippen LogP contribution is 2.44. The van der Waals surface area contributed by atoms with Gasteiger partial charge in [0.05, 0.1) is 36.6 Å². The van der Waals surface area contributed by atoms with Gasteiger partial charge in [-0.05, 0) is 53.5 Å². The second-order valence-electron chi connectivity index (χ2n) is 8.76. The van der Waals surface area contributed by atoms with E-state index in [-0.39, 0.29) is 45.7 Å². The summed E-state index contributed by atoms with van der Waals surface area (Å²) in [4.78, 5) is 26.2. The highest BCUT2D eigenvalue weighted by Gasteiger charge is 2.42. The standard InChI is InChI=1S/C24H19ClF2N8O2/c25-15-2-4-18(34-11-30-32-33-34)21(23(15)27)12-7-13-1-3-19(35(13)20(37)8-12)24-29-9-16(31-24)14-5-6-28-17(10-36)22(14)26/h2,4-6,8-9,11,13,19,36H,1,3,7,10H2,(H,29,31)/t13-,19+/m1/s1/i9D. The number of hydrogen-bond donors (Lipinski definition) is 2. The molecule has 13 heteroatoms. The monoisotopic (exact) mass is 525 g/mol. The molecule has 1 fully saturated rings. The van der Waals surface area contributed by atoms with Crippen molar-refractivity contribution < 1.29 is 20.1 Å². The number of aromatic amines is 1. The van der Waals surface area contributed by atoms with E-state index < -0.39 is 24.3 Å². The summed E-state index contributed by atoms with van der Waals surface area (Å²) in [5.74, 6) is -1.41. The Bertz CT molecular complexity index is 1590. The van der Waals surface area contributed by atoms with E-state index in [2.05, 4.69) is 30.5 Å². The van der Waals surface area contributed by atoms with Crippen molar-refractivity contribution in [2.24, 2.45) is 0 Å². The van der Waals surface area contributed by atoms with E-state index in [1.54, 1.807) is 11.0 Å². The highest BCUT2D eigenvalue weighted by molar-refractivity contribution is 6.31. The number of halogens is 3. The minimum absolute atomic E-state index is 0.0565. The number of carbonyl (C=O) groups excluding carboxylic acids is 1. The Morgan fingerprint density at radius 1 is 1.22 bits per heavy atom. The zero-order chi connectivity index (χ0) is 26.6. The van der Waals surface area contributed by atoms with Gasteiger partial charge in [0.25, 0.3) is 0 Å². The molecule has 3 aromatic heterocycles. The van der Waals surface area contributed by atoms with Crippen LogP contribution in [0, 0.1) is 11.6 Å². The first-order chi connectivity index (χ1) is 18.4. The minimum Gasteiger partial charge on any atom is -0.390 e. The normalized spacial score (nSPS) is 19.7. The number of aliphatic hydroxyl groups excluding tert-OH is 1. The van der Waals surface area contributed by atoms with Gasteiger partial charge in [0.1, 0.15) is 17.8 Å². The number of aromatic nitrogens is 7. The number of nitrogens with zero attached hydrogens (tertiary/aromatic N) is 7. The zero-order valence-corrected chi connectivity index (χ0v) is 19.8. The van der Waals surface area contributed by atoms with Gasteiger partial charge >= 0.3 is 0 Å². The van der Waals surface area contributed by atoms with Gasteiger partial charge in [-0.3, -0.25) is 9.78 Å². The third-order valence-electron chi connectivity index (χ3n) is 6.74. The largest absolute Gasteiger partial charge is 0.390 e. The maximum Gasteiger partial charge on any atom is 0.247 e. The van der Waals surface area contributed by atoms with Crippen molar-refractivity contribution in [3.63, 3.8) is 0 Å². The van der Waals surface area contributed by atoms with E-state index in [0.29, 0.717) is 36.3 Å². The molecule has 0 bridgehead atoms. The van der Waals surface area contributed by atoms with Crippen molar-refractivity contribution in [2.75, 3.05) is 0 Å². The van der Waals surface area contributed by atoms with Crippen LogP contribution in [0.4, 0.5) is 8.78 Å². The molecule has 2 aliphatic rings. The number of rotatable bonds is 5. The first kappa shape index (κ1) is 22.2. The lowest BCUT2D eigenvalue weighted by Gasteiger charge is -2.33. The van der Waals surface area contributed by atoms with Crippen LogP contribution in [0.3, 0.4) is 0 Å². The van der Waals surface area contributed by atoms with Gasteiger partial charge in [-0.1, -0.05) is 11.6 Å². The van der Waals surface area contributed by atoms with Crippen molar-refractivity contribution in [1.82, 2.24) is 40.1 Å². The third-order valence-corrected chi connectivity index (χ3v) is 7.03. The van der Waals surface area contributed by atoms with Crippen LogP contribution >= 0.6 is 11.6 Å². The smallest absolute Gasteiger partial charge is 0.247 e. The molecule has 2 N–H and O–H groups in total. The number of nitrogens with one attached hydrogen (secondary N) is 1. The molecular formula is C24H19ClF2N8O2. The quantitative estimate of drug-likeness (QED) is 0.409. The van der Waals surface area contributed by atoms with E-state index in [0.717, 1.165) is 0 Å². The Hall–Kier alpha value is -4.03. The van der Waals surface area contributed by atoms with Crippen LogP contribution in [0.2, 0.25) is 5.02 Å². The van der Waals surface area contributed by atoms with Gasteiger partial charge in [-0.2, -0.15) is 4.68 Å². The molecule has 2 atom stereocenters. The van der Waals surface area contributed by atoms with Crippen LogP contribution < -0.4 is 0 Å². The molecular weight excluding hydrogens is 506 g/mol. The second-order valence-corrected chi connectivity index (χ2v) is 9.17. The van der Waals surface area contributed by atoms with Crippen molar-refractivity contribution in [3.05, 3.63) is 76.7 Å². The number of carbonyl (C=O) groups is 1. The Morgan fingerprint density at radius 3 is 2.86 bits per heavy atom. The summed E-state index contributed by atoms with van der Waals surface area (Å²) >= 11 is 6.08. The molecule has 5 heterocycles. The number of amides is 1. The molecule has 0 saturated carbocycles. The Kier molecular flexibility index (Phi) is 5.47. The zero-order valence-electron chi connectivity index (χ0n) is 20.1. The molecule has 0 radical (unpaired) electrons. The molecule has 188 valence electrons. The maximum absolute atomic E-state index is 15.3. The van der Waals surface area contributed by atoms with Crippen molar-refractivity contribution in [1.29, 1.82) is 0 Å². The predicted molar refractivity (Wildman–Crippen MR) is 127 cm³/mol. The number of tetrazole rings is 1. The van der Waals surface area contributed by atoms with E-state index in [4.69, 9.17) is 13.0 Å². The van der Waals surface area contributed by atoms with Crippen LogP contribution in [0.1, 0.15) is 43.8 Å². The summed E-state index contributed by atoms with van der Waals surface area (Å²) in [6, 6.07) is 3.65. The first-order valence-electron chi connectivity index (χ1n) is 11.9. The van der Waals surface area contributed by atoms with Crippen LogP contribution in [-0.4, -0.2) is 57.1 Å². The molecule has 0 unspecified atom stereocenters. The fourth-order valence-electron chi connectivity index (χ4n) is 5.08. The number of benzene rings is 1. The number of fused-ring (bicyclic) bond motifs is 1. The maximum atomic E-state index is 15.3. The molecule has 1 amide bonds. The Morgan fingerprint density at radius 2 is 2.08 bits per heavy atom. The molecule has 1 saturated heterocycles. The molecule has 10 nitrogen and oxygen atoms in total. The van der Waals surface area contributed by atoms with Crippen molar-refractivity contribution in [3.8, 4) is 16.9 Å². The number of hydrogen-bond acceptors (Lipinski definition) is 7. The average Bonchev–Trinajstić information content (AvgIpc) is 3.66. The molecule has 1 aromatic carbocycles. The first-order valence-corrected chi connectivity index (χ1v) is 11.8. The lowest BCUT2D eigenvalue weighted by Crippen LogP contribution is -2.39. The van der Waals surface area contributed by atoms with Crippen LogP contribution in [0.5, 0.6) is 0 Å². The van der Waals surface area contributed by atoms with Gasteiger partial charge in [0.2, 0.25) is 5.91 Å². The Labute approximate surface area is 215 Å². The summed E-state index contributed by atoms with van der Waals surface area (Å²) in [5.41, 5.74) is 1.03. The molecule has 2 aliphatic heterocycles. The lowest BCUT2D eigenvalue weighted by atomic mass is 9.92. The van der Waals surface area contributed by atoms with Crippen molar-refractivity contribution >= 4 is 23.1 Å². The summed E-state index contributed by atoms with van der Waals surface area (Å²) in [6.45, 7) is -0.586. The van der Waals surface area contributed by atoms with Gasteiger partial charge in [0.15, 0.2) is 11.6 Å². The number of H-pyrrole nitrogens is 1. The van der Waals surface area contributed by atoms with Crippen LogP contribution in [0.15, 0.2) is 43.0 Å². The number of imidazole rings is 1. The summed E-state index contributed by atoms with van der Waals surface area (Å²) in [5, 5.41) is 20.3. The minimum atomic E-state index is -0.744. The predicted octanol–water partition coefficient (Wildman–Crippen LogP) is 3.39. The van der Waals surface area contributed by atoms with E-state index >= 15 is 4.39 Å². The fourth-order valence-corrected chi connectivity index (χ4v) is 5.24. The lowest BCUT2D eigenvalue weighted by molar-refractivity contribution is -0.129. The molecule has 6 rings (SSSR count). The Balaban J connectivity index is 1.35. The summed E-state index contributed by atoms with van der Waals surface area (Å²) in [7, 11) is 0. The van der Waals surface area contributed by atoms with E-state index in [9.17, 15) is 14.3 Å². The van der Waals surface area contributed by atoms with Crippen LogP contribution in [-0.2, 0) is 11.4 Å². The van der Waals surface area contributed by atoms with Gasteiger partial charge in [-0.25, -0.2) is 13.8 Å². The number of pyridine rings is 1. The molecule has 37 heavy (non-hydrogen) atoms. The van der Waals surface area contributed by atoms with Gasteiger partial charge in [0, 0.05) is 29.4 Å². The SMILES string of the molecule is [2H]c1nc([C@@H]2CC[C@@H]3CC(c4c(-n5cnnn5)ccc(Cl)c4F)=CC(=O)N32)[nH]c1-c1ccnc(CO)c1F. The van der Waals surface area contributed by atoms with E-state index in [1.807, 2.05) is 0 Å². The second kappa shape index (κ2) is 9.12. The third kappa shape index (κ3) is 3.89. The number of aliphatic hydroxyl groups is 1. The topological polar surface area (TPSA) is 126 Å². The highest BCUT2D eigenvalue weighted by atomic mass is 35.5. The summed E-state index contributed by atoms with van der Waals surface area (Å²) < 4.78 is 39.7. The summed E-state index contributed by atoms with van der Waals surface area (Å²) in [6.07, 6.45) is 5.37. The van der Waals surface area contributed by atoms with Gasteiger partial charge in [-0.15, -0.1) is 5.10 Å². The van der Waals surface area contributed by atoms with E-state index in [1.165, 1.54) is 35.4 Å². The van der Waals surface area contributed by atoms with Gasteiger partial charge < -0.3 is 15.0 Å². The molecule has 4 aromatic rings. The van der Waals surface area contributed by atoms with Crippen LogP contribution in [0.25, 0.3) is 22.5 Å². The molecule has 0 spiro atoms. The molecule has 0 aliphatic carbocycles. The fraction of sp³-hybridized carbons (Fsp3) is 0.250. The average molecular weight is 526 g/mol.